The second kappa shape index (κ2) is 6.57. The largest absolute Gasteiger partial charge is 0.481 e. The van der Waals surface area contributed by atoms with Crippen LogP contribution < -0.4 is 0 Å². The Balaban J connectivity index is 2.21. The molecule has 0 saturated carbocycles. The van der Waals surface area contributed by atoms with Crippen molar-refractivity contribution in [2.75, 3.05) is 20.2 Å². The van der Waals surface area contributed by atoms with Crippen LogP contribution in [0.15, 0.2) is 30.3 Å². The van der Waals surface area contributed by atoms with Gasteiger partial charge in [0.05, 0.1) is 11.8 Å². The van der Waals surface area contributed by atoms with E-state index in [0.29, 0.717) is 5.56 Å². The minimum Gasteiger partial charge on any atom is -0.481 e. The number of amides is 1. The predicted octanol–water partition coefficient (Wildman–Crippen LogP) is 2.10. The molecule has 0 spiro atoms. The molecule has 3 atom stereocenters. The quantitative estimate of drug-likeness (QED) is 0.917. The van der Waals surface area contributed by atoms with Gasteiger partial charge in [-0.1, -0.05) is 30.3 Å². The Morgan fingerprint density at radius 2 is 1.87 bits per heavy atom. The van der Waals surface area contributed by atoms with Crippen LogP contribution in [0, 0.1) is 11.8 Å². The van der Waals surface area contributed by atoms with Crippen LogP contribution in [0.4, 0.5) is 13.2 Å². The molecule has 0 radical (unpaired) electrons. The highest BCUT2D eigenvalue weighted by molar-refractivity contribution is 5.84. The van der Waals surface area contributed by atoms with Crippen LogP contribution in [0.1, 0.15) is 11.7 Å². The number of likely N-dealkylation sites (tertiary alicyclic amines) is 1. The highest BCUT2D eigenvalue weighted by Gasteiger charge is 2.54. The first-order valence-electron chi connectivity index (χ1n) is 6.91. The van der Waals surface area contributed by atoms with E-state index in [-0.39, 0.29) is 0 Å². The lowest BCUT2D eigenvalue weighted by molar-refractivity contribution is -0.188. The van der Waals surface area contributed by atoms with Gasteiger partial charge in [0.15, 0.2) is 6.10 Å². The number of hydrogen-bond donors (Lipinski definition) is 1. The number of carboxylic acid groups (broad SMARTS) is 1. The van der Waals surface area contributed by atoms with Crippen molar-refractivity contribution < 1.29 is 32.6 Å². The normalized spacial score (nSPS) is 22.9. The highest BCUT2D eigenvalue weighted by atomic mass is 19.4. The van der Waals surface area contributed by atoms with Gasteiger partial charge in [0.2, 0.25) is 0 Å². The molecule has 1 aromatic carbocycles. The Bertz CT molecular complexity index is 576. The van der Waals surface area contributed by atoms with Gasteiger partial charge < -0.3 is 14.7 Å². The topological polar surface area (TPSA) is 66.8 Å². The number of carboxylic acids is 1. The summed E-state index contributed by atoms with van der Waals surface area (Å²) in [5, 5.41) is 8.99. The molecule has 0 bridgehead atoms. The van der Waals surface area contributed by atoms with E-state index in [1.807, 2.05) is 0 Å². The Hall–Kier alpha value is -2.09. The lowest BCUT2D eigenvalue weighted by Gasteiger charge is -2.23. The number of carbonyl (C=O) groups excluding carboxylic acids is 1. The summed E-state index contributed by atoms with van der Waals surface area (Å²) < 4.78 is 44.1. The van der Waals surface area contributed by atoms with Crippen LogP contribution in [-0.2, 0) is 14.3 Å². The zero-order valence-electron chi connectivity index (χ0n) is 12.3. The zero-order valence-corrected chi connectivity index (χ0v) is 12.3. The summed E-state index contributed by atoms with van der Waals surface area (Å²) >= 11 is 0. The van der Waals surface area contributed by atoms with Crippen LogP contribution in [-0.4, -0.2) is 48.3 Å². The lowest BCUT2D eigenvalue weighted by Crippen LogP contribution is -2.36. The van der Waals surface area contributed by atoms with E-state index >= 15 is 0 Å². The first kappa shape index (κ1) is 17.3. The van der Waals surface area contributed by atoms with Gasteiger partial charge in [0.25, 0.3) is 5.91 Å². The molecule has 5 nitrogen and oxygen atoms in total. The van der Waals surface area contributed by atoms with E-state index < -0.39 is 49.1 Å². The Morgan fingerprint density at radius 1 is 1.26 bits per heavy atom. The van der Waals surface area contributed by atoms with Gasteiger partial charge in [0.1, 0.15) is 0 Å². The van der Waals surface area contributed by atoms with E-state index in [1.165, 1.54) is 7.11 Å². The number of halogens is 3. The van der Waals surface area contributed by atoms with E-state index in [9.17, 15) is 22.8 Å². The minimum absolute atomic E-state index is 0.481. The molecule has 1 saturated heterocycles. The molecule has 23 heavy (non-hydrogen) atoms. The second-order valence-electron chi connectivity index (χ2n) is 5.36. The van der Waals surface area contributed by atoms with Crippen LogP contribution in [0.25, 0.3) is 0 Å². The molecule has 1 aromatic rings. The summed E-state index contributed by atoms with van der Waals surface area (Å²) in [6.45, 7) is -1.16. The number of alkyl halides is 3. The van der Waals surface area contributed by atoms with Gasteiger partial charge in [-0.15, -0.1) is 0 Å². The summed E-state index contributed by atoms with van der Waals surface area (Å²) in [6, 6.07) is 8.33. The number of benzene rings is 1. The van der Waals surface area contributed by atoms with E-state index in [4.69, 9.17) is 9.84 Å². The predicted molar refractivity (Wildman–Crippen MR) is 73.4 cm³/mol. The molecule has 1 unspecified atom stereocenters. The molecule has 1 heterocycles. The average molecular weight is 331 g/mol. The van der Waals surface area contributed by atoms with Crippen molar-refractivity contribution in [3.05, 3.63) is 35.9 Å². The van der Waals surface area contributed by atoms with Crippen molar-refractivity contribution in [3.63, 3.8) is 0 Å². The van der Waals surface area contributed by atoms with Crippen LogP contribution >= 0.6 is 0 Å². The molecule has 0 aliphatic carbocycles. The minimum atomic E-state index is -4.67. The fraction of sp³-hybridized carbons (Fsp3) is 0.467. The van der Waals surface area contributed by atoms with E-state index in [1.54, 1.807) is 30.3 Å². The summed E-state index contributed by atoms with van der Waals surface area (Å²) in [5.41, 5.74) is 0.502. The third kappa shape index (κ3) is 3.64. The molecule has 0 aromatic heterocycles. The fourth-order valence-corrected chi connectivity index (χ4v) is 2.74. The Kier molecular flexibility index (Phi) is 4.93. The summed E-state index contributed by atoms with van der Waals surface area (Å²) in [6.07, 6.45) is -5.73. The maximum Gasteiger partial charge on any atom is 0.394 e. The van der Waals surface area contributed by atoms with Gasteiger partial charge >= 0.3 is 12.1 Å². The fourth-order valence-electron chi connectivity index (χ4n) is 2.74. The number of hydrogen-bond acceptors (Lipinski definition) is 3. The van der Waals surface area contributed by atoms with Crippen LogP contribution in [0.5, 0.6) is 0 Å². The number of nitrogens with zero attached hydrogens (tertiary/aromatic N) is 1. The third-order valence-electron chi connectivity index (χ3n) is 3.93. The van der Waals surface area contributed by atoms with E-state index in [2.05, 4.69) is 0 Å². The second-order valence-corrected chi connectivity index (χ2v) is 5.36. The zero-order chi connectivity index (χ0) is 17.2. The molecule has 1 amide bonds. The van der Waals surface area contributed by atoms with Gasteiger partial charge in [-0.3, -0.25) is 9.59 Å². The maximum absolute atomic E-state index is 13.0. The average Bonchev–Trinajstić information content (AvgIpc) is 2.94. The monoisotopic (exact) mass is 331 g/mol. The number of carbonyl (C=O) groups is 2. The SMILES string of the molecule is COC(C(=O)N1C[C@@H](C(F)(F)F)[C@H](C(=O)O)C1)c1ccccc1. The number of ether oxygens (including phenoxy) is 1. The Labute approximate surface area is 130 Å². The molecule has 126 valence electrons. The van der Waals surface area contributed by atoms with E-state index in [0.717, 1.165) is 4.90 Å². The van der Waals surface area contributed by atoms with Crippen molar-refractivity contribution in [3.8, 4) is 0 Å². The summed E-state index contributed by atoms with van der Waals surface area (Å²) in [4.78, 5) is 24.4. The Morgan fingerprint density at radius 3 is 2.30 bits per heavy atom. The summed E-state index contributed by atoms with van der Waals surface area (Å²) in [7, 11) is 1.28. The molecule has 1 aliphatic rings. The van der Waals surface area contributed by atoms with Crippen molar-refractivity contribution in [2.45, 2.75) is 12.3 Å². The molecule has 1 aliphatic heterocycles. The standard InChI is InChI=1S/C15H16F3NO4/c1-23-12(9-5-3-2-4-6-9)13(20)19-7-10(14(21)22)11(8-19)15(16,17)18/h2-6,10-12H,7-8H2,1H3,(H,21,22)/t10-,11-,12?/m1/s1. The molecule has 1 N–H and O–H groups in total. The van der Waals surface area contributed by atoms with Crippen molar-refractivity contribution in [1.82, 2.24) is 4.90 Å². The molecular formula is C15H16F3NO4. The van der Waals surface area contributed by atoms with Gasteiger partial charge in [-0.25, -0.2) is 0 Å². The first-order valence-corrected chi connectivity index (χ1v) is 6.91. The highest BCUT2D eigenvalue weighted by Crippen LogP contribution is 2.38. The van der Waals surface area contributed by atoms with Gasteiger partial charge in [-0.2, -0.15) is 13.2 Å². The molecule has 8 heteroatoms. The van der Waals surface area contributed by atoms with Gasteiger partial charge in [-0.05, 0) is 5.56 Å². The van der Waals surface area contributed by atoms with Crippen LogP contribution in [0.2, 0.25) is 0 Å². The third-order valence-corrected chi connectivity index (χ3v) is 3.93. The smallest absolute Gasteiger partial charge is 0.394 e. The summed E-state index contributed by atoms with van der Waals surface area (Å²) in [5.74, 6) is -5.96. The van der Waals surface area contributed by atoms with Crippen molar-refractivity contribution in [2.24, 2.45) is 11.8 Å². The van der Waals surface area contributed by atoms with Crippen molar-refractivity contribution >= 4 is 11.9 Å². The maximum atomic E-state index is 13.0. The van der Waals surface area contributed by atoms with Crippen LogP contribution in [0.3, 0.4) is 0 Å². The molecule has 2 rings (SSSR count). The molecule has 1 fully saturated rings. The molecular weight excluding hydrogens is 315 g/mol. The van der Waals surface area contributed by atoms with Crippen molar-refractivity contribution in [1.29, 1.82) is 0 Å². The number of rotatable bonds is 4. The van der Waals surface area contributed by atoms with Gasteiger partial charge in [0, 0.05) is 20.2 Å². The number of aliphatic carboxylic acids is 1. The first-order chi connectivity index (χ1) is 10.8. The lowest BCUT2D eigenvalue weighted by atomic mass is 9.96. The number of methoxy groups -OCH3 is 1.